The van der Waals surface area contributed by atoms with Crippen LogP contribution in [-0.2, 0) is 14.3 Å². The first-order valence-corrected chi connectivity index (χ1v) is 9.47. The fourth-order valence-corrected chi connectivity index (χ4v) is 3.63. The third-order valence-corrected chi connectivity index (χ3v) is 4.87. The normalized spacial score (nSPS) is 20.7. The molecule has 2 aliphatic heterocycles. The molecule has 1 aromatic carbocycles. The van der Waals surface area contributed by atoms with Gasteiger partial charge in [0.2, 0.25) is 5.90 Å². The fourth-order valence-electron chi connectivity index (χ4n) is 3.63. The summed E-state index contributed by atoms with van der Waals surface area (Å²) in [5.74, 6) is -0.634. The van der Waals surface area contributed by atoms with Gasteiger partial charge in [-0.15, -0.1) is 0 Å². The Morgan fingerprint density at radius 1 is 1.38 bits per heavy atom. The number of rotatable bonds is 5. The van der Waals surface area contributed by atoms with Gasteiger partial charge in [-0.3, -0.25) is 10.1 Å². The summed E-state index contributed by atoms with van der Waals surface area (Å²) in [6.07, 6.45) is 0. The smallest absolute Gasteiger partial charge is 0.336 e. The van der Waals surface area contributed by atoms with Crippen molar-refractivity contribution in [2.24, 2.45) is 4.99 Å². The second-order valence-electron chi connectivity index (χ2n) is 7.73. The van der Waals surface area contributed by atoms with Crippen LogP contribution < -0.4 is 5.32 Å². The van der Waals surface area contributed by atoms with Gasteiger partial charge in [0.25, 0.3) is 5.69 Å². The minimum atomic E-state index is -0.595. The molecule has 8 nitrogen and oxygen atoms in total. The van der Waals surface area contributed by atoms with Gasteiger partial charge in [0, 0.05) is 29.1 Å². The van der Waals surface area contributed by atoms with Crippen LogP contribution in [-0.4, -0.2) is 35.5 Å². The van der Waals surface area contributed by atoms with Crippen LogP contribution in [0.2, 0.25) is 0 Å². The van der Waals surface area contributed by atoms with Crippen molar-refractivity contribution in [3.05, 3.63) is 62.5 Å². The van der Waals surface area contributed by atoms with Crippen molar-refractivity contribution in [2.75, 3.05) is 13.2 Å². The molecule has 3 rings (SSSR count). The number of non-ortho nitro benzene ring substituents is 1. The summed E-state index contributed by atoms with van der Waals surface area (Å²) < 4.78 is 11.2. The Bertz CT molecular complexity index is 959. The highest BCUT2D eigenvalue weighted by atomic mass is 16.6. The molecule has 0 aromatic heterocycles. The number of nitro benzene ring substituents is 1. The zero-order valence-corrected chi connectivity index (χ0v) is 17.2. The molecule has 1 unspecified atom stereocenters. The number of esters is 1. The molecule has 0 saturated heterocycles. The van der Waals surface area contributed by atoms with E-state index in [2.05, 4.69) is 10.3 Å². The molecule has 0 fully saturated rings. The first-order chi connectivity index (χ1) is 13.6. The van der Waals surface area contributed by atoms with Crippen molar-refractivity contribution in [1.29, 1.82) is 0 Å². The third-order valence-electron chi connectivity index (χ3n) is 4.87. The van der Waals surface area contributed by atoms with Gasteiger partial charge in [-0.2, -0.15) is 0 Å². The Morgan fingerprint density at radius 2 is 2.10 bits per heavy atom. The van der Waals surface area contributed by atoms with Gasteiger partial charge in [0.1, 0.15) is 6.61 Å². The highest BCUT2D eigenvalue weighted by Crippen LogP contribution is 2.41. The first-order valence-electron chi connectivity index (χ1n) is 9.47. The summed E-state index contributed by atoms with van der Waals surface area (Å²) >= 11 is 0. The maximum absolute atomic E-state index is 12.8. The SMILES string of the molecule is CCOC(=O)C1=C(C)NC(C)=C(C2=NC(C)(C)CO2)C1c1cccc([N+](=O)[O-])c1. The van der Waals surface area contributed by atoms with Gasteiger partial charge in [-0.05, 0) is 40.2 Å². The third kappa shape index (κ3) is 4.01. The maximum atomic E-state index is 12.8. The Labute approximate surface area is 169 Å². The Hall–Kier alpha value is -3.16. The molecule has 154 valence electrons. The fraction of sp³-hybridized carbons (Fsp3) is 0.429. The van der Waals surface area contributed by atoms with Crippen LogP contribution in [0.4, 0.5) is 5.69 Å². The van der Waals surface area contributed by atoms with Crippen LogP contribution in [0.25, 0.3) is 0 Å². The summed E-state index contributed by atoms with van der Waals surface area (Å²) in [6.45, 7) is 9.96. The average molecular weight is 399 g/mol. The van der Waals surface area contributed by atoms with Crippen molar-refractivity contribution < 1.29 is 19.2 Å². The molecule has 1 aromatic rings. The number of nitrogens with zero attached hydrogens (tertiary/aromatic N) is 2. The Morgan fingerprint density at radius 3 is 2.69 bits per heavy atom. The molecule has 29 heavy (non-hydrogen) atoms. The number of carbonyl (C=O) groups is 1. The van der Waals surface area contributed by atoms with Crippen LogP contribution in [0.1, 0.15) is 46.1 Å². The monoisotopic (exact) mass is 399 g/mol. The lowest BCUT2D eigenvalue weighted by atomic mass is 9.80. The molecule has 0 saturated carbocycles. The van der Waals surface area contributed by atoms with Crippen molar-refractivity contribution in [3.8, 4) is 0 Å². The molecule has 0 radical (unpaired) electrons. The number of allylic oxidation sites excluding steroid dienone is 2. The number of ether oxygens (including phenoxy) is 2. The average Bonchev–Trinajstić information content (AvgIpc) is 3.00. The lowest BCUT2D eigenvalue weighted by Gasteiger charge is -2.31. The summed E-state index contributed by atoms with van der Waals surface area (Å²) in [6, 6.07) is 6.29. The largest absolute Gasteiger partial charge is 0.475 e. The standard InChI is InChI=1S/C21H25N3O5/c1-6-28-20(25)17-13(3)22-12(2)16(19-23-21(4,5)11-29-19)18(17)14-8-7-9-15(10-14)24(26)27/h7-10,18,22H,6,11H2,1-5H3. The van der Waals surface area contributed by atoms with E-state index in [4.69, 9.17) is 9.47 Å². The van der Waals surface area contributed by atoms with Crippen molar-refractivity contribution in [2.45, 2.75) is 46.1 Å². The van der Waals surface area contributed by atoms with E-state index < -0.39 is 22.3 Å². The summed E-state index contributed by atoms with van der Waals surface area (Å²) in [7, 11) is 0. The molecule has 2 heterocycles. The van der Waals surface area contributed by atoms with E-state index in [1.807, 2.05) is 20.8 Å². The number of hydrogen-bond donors (Lipinski definition) is 1. The van der Waals surface area contributed by atoms with Crippen molar-refractivity contribution in [3.63, 3.8) is 0 Å². The molecule has 0 spiro atoms. The molecule has 1 atom stereocenters. The quantitative estimate of drug-likeness (QED) is 0.461. The number of benzene rings is 1. The van der Waals surface area contributed by atoms with Gasteiger partial charge in [-0.1, -0.05) is 12.1 Å². The van der Waals surface area contributed by atoms with Crippen LogP contribution in [0, 0.1) is 10.1 Å². The van der Waals surface area contributed by atoms with E-state index in [1.165, 1.54) is 12.1 Å². The lowest BCUT2D eigenvalue weighted by molar-refractivity contribution is -0.384. The van der Waals surface area contributed by atoms with Gasteiger partial charge in [-0.25, -0.2) is 9.79 Å². The van der Waals surface area contributed by atoms with Crippen LogP contribution >= 0.6 is 0 Å². The van der Waals surface area contributed by atoms with Crippen molar-refractivity contribution >= 4 is 17.6 Å². The zero-order chi connectivity index (χ0) is 21.3. The second kappa shape index (κ2) is 7.69. The highest BCUT2D eigenvalue weighted by Gasteiger charge is 2.40. The predicted octanol–water partition coefficient (Wildman–Crippen LogP) is 3.60. The highest BCUT2D eigenvalue weighted by molar-refractivity contribution is 6.03. The minimum Gasteiger partial charge on any atom is -0.475 e. The zero-order valence-electron chi connectivity index (χ0n) is 17.2. The number of hydrogen-bond acceptors (Lipinski definition) is 7. The van der Waals surface area contributed by atoms with Crippen LogP contribution in [0.5, 0.6) is 0 Å². The molecule has 1 N–H and O–H groups in total. The van der Waals surface area contributed by atoms with E-state index in [1.54, 1.807) is 26.0 Å². The van der Waals surface area contributed by atoms with E-state index in [-0.39, 0.29) is 12.3 Å². The van der Waals surface area contributed by atoms with Crippen LogP contribution in [0.15, 0.2) is 51.8 Å². The first kappa shape index (κ1) is 20.6. The summed E-state index contributed by atoms with van der Waals surface area (Å²) in [5.41, 5.74) is 2.66. The van der Waals surface area contributed by atoms with Crippen molar-refractivity contribution in [1.82, 2.24) is 5.32 Å². The number of nitro groups is 1. The summed E-state index contributed by atoms with van der Waals surface area (Å²) in [5, 5.41) is 14.6. The van der Waals surface area contributed by atoms with E-state index in [0.29, 0.717) is 34.9 Å². The Kier molecular flexibility index (Phi) is 5.46. The van der Waals surface area contributed by atoms with Gasteiger partial charge < -0.3 is 14.8 Å². The summed E-state index contributed by atoms with van der Waals surface area (Å²) in [4.78, 5) is 28.4. The second-order valence-corrected chi connectivity index (χ2v) is 7.73. The number of carbonyl (C=O) groups excluding carboxylic acids is 1. The molecular formula is C21H25N3O5. The minimum absolute atomic E-state index is 0.0477. The number of dihydropyridines is 1. The lowest BCUT2D eigenvalue weighted by Crippen LogP contribution is -2.32. The molecular weight excluding hydrogens is 374 g/mol. The van der Waals surface area contributed by atoms with E-state index >= 15 is 0 Å². The van der Waals surface area contributed by atoms with Gasteiger partial charge in [0.15, 0.2) is 0 Å². The Balaban J connectivity index is 2.21. The predicted molar refractivity (Wildman–Crippen MR) is 108 cm³/mol. The molecule has 2 aliphatic rings. The van der Waals surface area contributed by atoms with Gasteiger partial charge >= 0.3 is 5.97 Å². The van der Waals surface area contributed by atoms with E-state index in [9.17, 15) is 14.9 Å². The maximum Gasteiger partial charge on any atom is 0.336 e. The van der Waals surface area contributed by atoms with Crippen LogP contribution in [0.3, 0.4) is 0 Å². The molecule has 0 amide bonds. The number of aliphatic imine (C=N–C) groups is 1. The molecule has 8 heteroatoms. The number of nitrogens with one attached hydrogen (secondary N) is 1. The molecule has 0 bridgehead atoms. The molecule has 0 aliphatic carbocycles. The van der Waals surface area contributed by atoms with E-state index in [0.717, 1.165) is 5.70 Å². The topological polar surface area (TPSA) is 103 Å². The van der Waals surface area contributed by atoms with Gasteiger partial charge in [0.05, 0.1) is 28.6 Å².